The highest BCUT2D eigenvalue weighted by molar-refractivity contribution is 7.98. The van der Waals surface area contributed by atoms with Crippen molar-refractivity contribution in [3.05, 3.63) is 24.7 Å². The quantitative estimate of drug-likeness (QED) is 0.724. The highest BCUT2D eigenvalue weighted by Crippen LogP contribution is 2.08. The molecule has 2 aromatic rings. The lowest BCUT2D eigenvalue weighted by Crippen LogP contribution is -2.04. The minimum Gasteiger partial charge on any atom is -0.360 e. The van der Waals surface area contributed by atoms with Crippen molar-refractivity contribution in [2.24, 2.45) is 0 Å². The summed E-state index contributed by atoms with van der Waals surface area (Å²) in [6, 6.07) is 3.83. The van der Waals surface area contributed by atoms with E-state index < -0.39 is 0 Å². The van der Waals surface area contributed by atoms with Crippen molar-refractivity contribution in [1.82, 2.24) is 14.5 Å². The van der Waals surface area contributed by atoms with Crippen LogP contribution in [0.4, 0.5) is 0 Å². The second kappa shape index (κ2) is 5.14. The summed E-state index contributed by atoms with van der Waals surface area (Å²) >= 11 is 1.78. The van der Waals surface area contributed by atoms with E-state index in [1.165, 1.54) is 0 Å². The van der Waals surface area contributed by atoms with Crippen molar-refractivity contribution >= 4 is 22.9 Å². The van der Waals surface area contributed by atoms with E-state index in [0.29, 0.717) is 6.73 Å². The standard InChI is InChI=1S/C10H13N3OS/c1-15-6-5-14-8-13-7-12-9-3-2-4-11-10(9)13/h2-4,7H,5-6,8H2,1H3. The number of pyridine rings is 1. The largest absolute Gasteiger partial charge is 0.360 e. The van der Waals surface area contributed by atoms with Gasteiger partial charge in [-0.2, -0.15) is 11.8 Å². The van der Waals surface area contributed by atoms with Crippen molar-refractivity contribution in [2.45, 2.75) is 6.73 Å². The first-order chi connectivity index (χ1) is 7.42. The first kappa shape index (κ1) is 10.4. The average Bonchev–Trinajstić information content (AvgIpc) is 2.68. The van der Waals surface area contributed by atoms with Gasteiger partial charge < -0.3 is 4.74 Å². The zero-order valence-corrected chi connectivity index (χ0v) is 9.41. The van der Waals surface area contributed by atoms with Crippen LogP contribution in [0.25, 0.3) is 11.2 Å². The number of fused-ring (bicyclic) bond motifs is 1. The summed E-state index contributed by atoms with van der Waals surface area (Å²) in [5, 5.41) is 0. The summed E-state index contributed by atoms with van der Waals surface area (Å²) in [7, 11) is 0. The molecular formula is C10H13N3OS. The average molecular weight is 223 g/mol. The third kappa shape index (κ3) is 2.49. The minimum absolute atomic E-state index is 0.522. The molecule has 0 fully saturated rings. The second-order valence-corrected chi connectivity index (χ2v) is 4.08. The number of ether oxygens (including phenoxy) is 1. The Hall–Kier alpha value is -1.07. The monoisotopic (exact) mass is 223 g/mol. The van der Waals surface area contributed by atoms with Gasteiger partial charge in [0.05, 0.1) is 12.9 Å². The molecule has 2 rings (SSSR count). The number of nitrogens with zero attached hydrogens (tertiary/aromatic N) is 3. The number of rotatable bonds is 5. The van der Waals surface area contributed by atoms with Crippen LogP contribution >= 0.6 is 11.8 Å². The number of aromatic nitrogens is 3. The van der Waals surface area contributed by atoms with Crippen molar-refractivity contribution in [3.8, 4) is 0 Å². The van der Waals surface area contributed by atoms with Gasteiger partial charge in [-0.1, -0.05) is 0 Å². The Balaban J connectivity index is 2.02. The highest BCUT2D eigenvalue weighted by Gasteiger charge is 2.01. The molecule has 80 valence electrons. The van der Waals surface area contributed by atoms with E-state index >= 15 is 0 Å². The predicted molar refractivity (Wildman–Crippen MR) is 61.9 cm³/mol. The van der Waals surface area contributed by atoms with Gasteiger partial charge in [-0.25, -0.2) is 9.97 Å². The van der Waals surface area contributed by atoms with Gasteiger partial charge >= 0.3 is 0 Å². The fourth-order valence-corrected chi connectivity index (χ4v) is 1.58. The second-order valence-electron chi connectivity index (χ2n) is 3.09. The molecule has 0 spiro atoms. The van der Waals surface area contributed by atoms with Gasteiger partial charge in [0.2, 0.25) is 0 Å². The van der Waals surface area contributed by atoms with Gasteiger partial charge in [0.25, 0.3) is 0 Å². The van der Waals surface area contributed by atoms with E-state index in [-0.39, 0.29) is 0 Å². The highest BCUT2D eigenvalue weighted by atomic mass is 32.2. The summed E-state index contributed by atoms with van der Waals surface area (Å²) in [4.78, 5) is 8.49. The predicted octanol–water partition coefficient (Wildman–Crippen LogP) is 1.77. The van der Waals surface area contributed by atoms with Crippen LogP contribution in [0.3, 0.4) is 0 Å². The molecule has 0 radical (unpaired) electrons. The molecule has 0 aromatic carbocycles. The summed E-state index contributed by atoms with van der Waals surface area (Å²) < 4.78 is 7.40. The molecule has 0 saturated heterocycles. The molecule has 0 aliphatic heterocycles. The van der Waals surface area contributed by atoms with Crippen molar-refractivity contribution in [2.75, 3.05) is 18.6 Å². The molecule has 0 unspecified atom stereocenters. The third-order valence-electron chi connectivity index (χ3n) is 2.04. The lowest BCUT2D eigenvalue weighted by Gasteiger charge is -2.04. The molecule has 2 aromatic heterocycles. The van der Waals surface area contributed by atoms with Crippen molar-refractivity contribution in [1.29, 1.82) is 0 Å². The van der Waals surface area contributed by atoms with Gasteiger partial charge in [-0.15, -0.1) is 0 Å². The SMILES string of the molecule is CSCCOCn1cnc2cccnc21. The number of hydrogen-bond acceptors (Lipinski definition) is 4. The molecule has 15 heavy (non-hydrogen) atoms. The maximum atomic E-state index is 5.49. The fraction of sp³-hybridized carbons (Fsp3) is 0.400. The van der Waals surface area contributed by atoms with E-state index in [9.17, 15) is 0 Å². The van der Waals surface area contributed by atoms with E-state index in [1.54, 1.807) is 24.3 Å². The number of hydrogen-bond donors (Lipinski definition) is 0. The summed E-state index contributed by atoms with van der Waals surface area (Å²) in [6.07, 6.45) is 5.59. The van der Waals surface area contributed by atoms with Crippen LogP contribution < -0.4 is 0 Å². The topological polar surface area (TPSA) is 39.9 Å². The molecule has 5 heteroatoms. The molecular weight excluding hydrogens is 210 g/mol. The van der Waals surface area contributed by atoms with Crippen LogP contribution in [-0.4, -0.2) is 33.2 Å². The fourth-order valence-electron chi connectivity index (χ4n) is 1.30. The Morgan fingerprint density at radius 3 is 3.27 bits per heavy atom. The summed E-state index contributed by atoms with van der Waals surface area (Å²) in [6.45, 7) is 1.28. The van der Waals surface area contributed by atoms with Crippen LogP contribution in [0.5, 0.6) is 0 Å². The zero-order valence-electron chi connectivity index (χ0n) is 8.59. The molecule has 0 aliphatic rings. The normalized spacial score (nSPS) is 11.0. The lowest BCUT2D eigenvalue weighted by atomic mass is 10.4. The maximum Gasteiger partial charge on any atom is 0.161 e. The first-order valence-electron chi connectivity index (χ1n) is 4.74. The number of imidazole rings is 1. The molecule has 0 N–H and O–H groups in total. The third-order valence-corrected chi connectivity index (χ3v) is 2.61. The first-order valence-corrected chi connectivity index (χ1v) is 6.14. The molecule has 0 saturated carbocycles. The van der Waals surface area contributed by atoms with Gasteiger partial charge in [0, 0.05) is 11.9 Å². The lowest BCUT2D eigenvalue weighted by molar-refractivity contribution is 0.0922. The molecule has 4 nitrogen and oxygen atoms in total. The smallest absolute Gasteiger partial charge is 0.161 e. The molecule has 0 aliphatic carbocycles. The van der Waals surface area contributed by atoms with Crippen molar-refractivity contribution in [3.63, 3.8) is 0 Å². The Kier molecular flexibility index (Phi) is 3.58. The Bertz CT molecular complexity index is 429. The van der Waals surface area contributed by atoms with E-state index in [1.807, 2.05) is 16.7 Å². The van der Waals surface area contributed by atoms with Crippen LogP contribution in [0.1, 0.15) is 0 Å². The molecule has 0 amide bonds. The zero-order chi connectivity index (χ0) is 10.5. The number of thioether (sulfide) groups is 1. The molecule has 0 bridgehead atoms. The summed E-state index contributed by atoms with van der Waals surface area (Å²) in [5.41, 5.74) is 1.78. The van der Waals surface area contributed by atoms with Crippen molar-refractivity contribution < 1.29 is 4.74 Å². The summed E-state index contributed by atoms with van der Waals surface area (Å²) in [5.74, 6) is 1.01. The maximum absolute atomic E-state index is 5.49. The Morgan fingerprint density at radius 1 is 1.47 bits per heavy atom. The van der Waals surface area contributed by atoms with E-state index in [2.05, 4.69) is 16.2 Å². The minimum atomic E-state index is 0.522. The van der Waals surface area contributed by atoms with Crippen LogP contribution in [0, 0.1) is 0 Å². The van der Waals surface area contributed by atoms with Crippen LogP contribution in [0.2, 0.25) is 0 Å². The van der Waals surface area contributed by atoms with Crippen LogP contribution in [0.15, 0.2) is 24.7 Å². The Morgan fingerprint density at radius 2 is 2.40 bits per heavy atom. The molecule has 2 heterocycles. The van der Waals surface area contributed by atoms with E-state index in [0.717, 1.165) is 23.5 Å². The van der Waals surface area contributed by atoms with Gasteiger partial charge in [-0.3, -0.25) is 4.57 Å². The molecule has 0 atom stereocenters. The van der Waals surface area contributed by atoms with E-state index in [4.69, 9.17) is 4.74 Å². The van der Waals surface area contributed by atoms with Gasteiger partial charge in [0.1, 0.15) is 12.2 Å². The Labute approximate surface area is 92.7 Å². The van der Waals surface area contributed by atoms with Crippen LogP contribution in [-0.2, 0) is 11.5 Å². The van der Waals surface area contributed by atoms with Gasteiger partial charge in [-0.05, 0) is 18.4 Å². The van der Waals surface area contributed by atoms with Gasteiger partial charge in [0.15, 0.2) is 5.65 Å².